The van der Waals surface area contributed by atoms with Crippen LogP contribution in [0.4, 0.5) is 0 Å². The minimum atomic E-state index is -0.970. The quantitative estimate of drug-likeness (QED) is 0.784. The number of para-hydroxylation sites is 1. The van der Waals surface area contributed by atoms with Crippen molar-refractivity contribution in [1.29, 1.82) is 0 Å². The zero-order valence-corrected chi connectivity index (χ0v) is 14.3. The van der Waals surface area contributed by atoms with Crippen LogP contribution in [-0.2, 0) is 4.79 Å². The number of carbonyl (C=O) groups excluding carboxylic acids is 1. The van der Waals surface area contributed by atoms with Crippen molar-refractivity contribution in [1.82, 2.24) is 19.7 Å². The van der Waals surface area contributed by atoms with E-state index in [9.17, 15) is 14.7 Å². The van der Waals surface area contributed by atoms with E-state index in [0.29, 0.717) is 25.0 Å². The van der Waals surface area contributed by atoms with E-state index in [1.165, 1.54) is 4.90 Å². The summed E-state index contributed by atoms with van der Waals surface area (Å²) in [5, 5.41) is 14.7. The smallest absolute Gasteiger partial charge is 0.326 e. The second kappa shape index (κ2) is 6.25. The number of amides is 1. The van der Waals surface area contributed by atoms with Gasteiger partial charge in [-0.15, -0.1) is 0 Å². The minimum absolute atomic E-state index is 0.239. The lowest BCUT2D eigenvalue weighted by atomic mass is 10.2. The van der Waals surface area contributed by atoms with E-state index in [4.69, 9.17) is 0 Å². The van der Waals surface area contributed by atoms with E-state index in [-0.39, 0.29) is 11.6 Å². The Bertz CT molecular complexity index is 997. The topological polar surface area (TPSA) is 88.3 Å². The molecule has 1 saturated heterocycles. The van der Waals surface area contributed by atoms with Gasteiger partial charge in [-0.3, -0.25) is 4.79 Å². The van der Waals surface area contributed by atoms with E-state index in [0.717, 1.165) is 16.8 Å². The van der Waals surface area contributed by atoms with E-state index in [2.05, 4.69) is 10.1 Å². The van der Waals surface area contributed by atoms with Gasteiger partial charge in [-0.25, -0.2) is 14.5 Å². The molecule has 2 aromatic heterocycles. The predicted molar refractivity (Wildman–Crippen MR) is 95.3 cm³/mol. The molecule has 1 atom stereocenters. The van der Waals surface area contributed by atoms with Crippen LogP contribution >= 0.6 is 0 Å². The van der Waals surface area contributed by atoms with Crippen LogP contribution in [0.25, 0.3) is 16.7 Å². The Hall–Kier alpha value is -3.22. The number of aliphatic carboxylic acids is 1. The maximum atomic E-state index is 12.8. The summed E-state index contributed by atoms with van der Waals surface area (Å²) in [6.45, 7) is 2.33. The number of likely N-dealkylation sites (tertiary alicyclic amines) is 1. The van der Waals surface area contributed by atoms with Crippen molar-refractivity contribution in [2.75, 3.05) is 6.54 Å². The van der Waals surface area contributed by atoms with Crippen LogP contribution in [0, 0.1) is 6.92 Å². The fourth-order valence-electron chi connectivity index (χ4n) is 3.43. The normalized spacial score (nSPS) is 17.0. The molecule has 1 fully saturated rings. The molecule has 7 nitrogen and oxygen atoms in total. The van der Waals surface area contributed by atoms with Gasteiger partial charge in [-0.2, -0.15) is 5.10 Å². The van der Waals surface area contributed by atoms with Gasteiger partial charge in [0.1, 0.15) is 11.7 Å². The fraction of sp³-hybridized carbons (Fsp3) is 0.263. The molecule has 132 valence electrons. The fourth-order valence-corrected chi connectivity index (χ4v) is 3.43. The molecule has 1 N–H and O–H groups in total. The summed E-state index contributed by atoms with van der Waals surface area (Å²) < 4.78 is 1.71. The standard InChI is InChI=1S/C19H18N4O3/c1-12-14-9-10-15(18(24)22-11-5-8-16(22)19(25)26)20-17(14)23(21-12)13-6-3-2-4-7-13/h2-4,6-7,9-10,16H,5,8,11H2,1H3,(H,25,26)/t16-/m0/s1. The van der Waals surface area contributed by atoms with Crippen LogP contribution in [0.1, 0.15) is 29.0 Å². The summed E-state index contributed by atoms with van der Waals surface area (Å²) in [4.78, 5) is 30.1. The second-order valence-electron chi connectivity index (χ2n) is 6.40. The van der Waals surface area contributed by atoms with Crippen molar-refractivity contribution in [2.24, 2.45) is 0 Å². The molecule has 7 heteroatoms. The van der Waals surface area contributed by atoms with E-state index < -0.39 is 12.0 Å². The van der Waals surface area contributed by atoms with Crippen LogP contribution in [0.2, 0.25) is 0 Å². The summed E-state index contributed by atoms with van der Waals surface area (Å²) >= 11 is 0. The lowest BCUT2D eigenvalue weighted by molar-refractivity contribution is -0.141. The van der Waals surface area contributed by atoms with Crippen LogP contribution in [0.5, 0.6) is 0 Å². The highest BCUT2D eigenvalue weighted by molar-refractivity contribution is 5.97. The number of pyridine rings is 1. The van der Waals surface area contributed by atoms with E-state index in [1.54, 1.807) is 10.7 Å². The van der Waals surface area contributed by atoms with E-state index in [1.807, 2.05) is 43.3 Å². The number of carbonyl (C=O) groups is 2. The highest BCUT2D eigenvalue weighted by atomic mass is 16.4. The zero-order chi connectivity index (χ0) is 18.3. The van der Waals surface area contributed by atoms with Crippen molar-refractivity contribution in [3.05, 3.63) is 53.9 Å². The monoisotopic (exact) mass is 350 g/mol. The minimum Gasteiger partial charge on any atom is -0.480 e. The third-order valence-corrected chi connectivity index (χ3v) is 4.73. The molecule has 0 radical (unpaired) electrons. The average Bonchev–Trinajstić information content (AvgIpc) is 3.27. The Kier molecular flexibility index (Phi) is 3.91. The molecule has 0 saturated carbocycles. The van der Waals surface area contributed by atoms with Crippen LogP contribution < -0.4 is 0 Å². The Labute approximate surface area is 149 Å². The first-order valence-corrected chi connectivity index (χ1v) is 8.52. The molecule has 1 aliphatic heterocycles. The third kappa shape index (κ3) is 2.61. The van der Waals surface area contributed by atoms with Gasteiger partial charge in [0, 0.05) is 11.9 Å². The first-order chi connectivity index (χ1) is 12.6. The largest absolute Gasteiger partial charge is 0.480 e. The SMILES string of the molecule is Cc1nn(-c2ccccc2)c2nc(C(=O)N3CCC[C@H]3C(=O)O)ccc12. The van der Waals surface area contributed by atoms with Crippen molar-refractivity contribution in [3.63, 3.8) is 0 Å². The molecule has 1 amide bonds. The molecule has 4 rings (SSSR count). The molecule has 0 bridgehead atoms. The highest BCUT2D eigenvalue weighted by Gasteiger charge is 2.35. The lowest BCUT2D eigenvalue weighted by Crippen LogP contribution is -2.40. The van der Waals surface area contributed by atoms with Gasteiger partial charge < -0.3 is 10.0 Å². The molecule has 3 heterocycles. The Morgan fingerprint density at radius 2 is 1.92 bits per heavy atom. The number of aryl methyl sites for hydroxylation is 1. The number of aromatic nitrogens is 3. The van der Waals surface area contributed by atoms with Gasteiger partial charge in [0.25, 0.3) is 5.91 Å². The molecule has 3 aromatic rings. The van der Waals surface area contributed by atoms with Gasteiger partial charge >= 0.3 is 5.97 Å². The second-order valence-corrected chi connectivity index (χ2v) is 6.40. The maximum Gasteiger partial charge on any atom is 0.326 e. The number of fused-ring (bicyclic) bond motifs is 1. The number of carboxylic acid groups (broad SMARTS) is 1. The first kappa shape index (κ1) is 16.3. The Morgan fingerprint density at radius 1 is 1.15 bits per heavy atom. The summed E-state index contributed by atoms with van der Waals surface area (Å²) in [7, 11) is 0. The molecule has 0 spiro atoms. The Balaban J connectivity index is 1.78. The van der Waals surface area contributed by atoms with Crippen molar-refractivity contribution < 1.29 is 14.7 Å². The van der Waals surface area contributed by atoms with Gasteiger partial charge in [0.05, 0.1) is 11.4 Å². The van der Waals surface area contributed by atoms with Crippen LogP contribution in [0.15, 0.2) is 42.5 Å². The first-order valence-electron chi connectivity index (χ1n) is 8.52. The highest BCUT2D eigenvalue weighted by Crippen LogP contribution is 2.23. The van der Waals surface area contributed by atoms with Gasteiger partial charge in [0.15, 0.2) is 5.65 Å². The molecule has 1 aliphatic rings. The van der Waals surface area contributed by atoms with Crippen molar-refractivity contribution in [3.8, 4) is 5.69 Å². The van der Waals surface area contributed by atoms with Gasteiger partial charge in [0.2, 0.25) is 0 Å². The van der Waals surface area contributed by atoms with Gasteiger partial charge in [-0.1, -0.05) is 18.2 Å². The molecule has 26 heavy (non-hydrogen) atoms. The molecule has 1 aromatic carbocycles. The summed E-state index contributed by atoms with van der Waals surface area (Å²) in [6.07, 6.45) is 1.16. The molecule has 0 aliphatic carbocycles. The number of nitrogens with zero attached hydrogens (tertiary/aromatic N) is 4. The maximum absolute atomic E-state index is 12.8. The molecular weight excluding hydrogens is 332 g/mol. The number of rotatable bonds is 3. The van der Waals surface area contributed by atoms with E-state index >= 15 is 0 Å². The Morgan fingerprint density at radius 3 is 2.65 bits per heavy atom. The van der Waals surface area contributed by atoms with Crippen LogP contribution in [-0.4, -0.2) is 49.2 Å². The lowest BCUT2D eigenvalue weighted by Gasteiger charge is -2.20. The van der Waals surface area contributed by atoms with Crippen molar-refractivity contribution in [2.45, 2.75) is 25.8 Å². The number of hydrogen-bond acceptors (Lipinski definition) is 4. The average molecular weight is 350 g/mol. The number of carboxylic acids is 1. The van der Waals surface area contributed by atoms with Gasteiger partial charge in [-0.05, 0) is 44.0 Å². The zero-order valence-electron chi connectivity index (χ0n) is 14.3. The molecule has 0 unspecified atom stereocenters. The number of hydrogen-bond donors (Lipinski definition) is 1. The summed E-state index contributed by atoms with van der Waals surface area (Å²) in [6, 6.07) is 12.3. The third-order valence-electron chi connectivity index (χ3n) is 4.73. The van der Waals surface area contributed by atoms with Crippen molar-refractivity contribution >= 4 is 22.9 Å². The molecular formula is C19H18N4O3. The number of benzene rings is 1. The summed E-state index contributed by atoms with van der Waals surface area (Å²) in [5.41, 5.74) is 2.50. The predicted octanol–water partition coefficient (Wildman–Crippen LogP) is 2.42. The summed E-state index contributed by atoms with van der Waals surface area (Å²) in [5.74, 6) is -1.32. The van der Waals surface area contributed by atoms with Crippen LogP contribution in [0.3, 0.4) is 0 Å².